The summed E-state index contributed by atoms with van der Waals surface area (Å²) in [5.74, 6) is -1.50. The van der Waals surface area contributed by atoms with E-state index >= 15 is 0 Å². The van der Waals surface area contributed by atoms with Crippen LogP contribution in [-0.4, -0.2) is 108 Å². The van der Waals surface area contributed by atoms with Crippen molar-refractivity contribution >= 4 is 35.5 Å². The molecule has 0 aromatic carbocycles. The zero-order valence-electron chi connectivity index (χ0n) is 21.7. The highest BCUT2D eigenvalue weighted by Gasteiger charge is 2.60. The van der Waals surface area contributed by atoms with Crippen molar-refractivity contribution in [3.8, 4) is 0 Å². The molecule has 37 heavy (non-hydrogen) atoms. The quantitative estimate of drug-likeness (QED) is 0.252. The molecule has 4 fully saturated rings. The Morgan fingerprint density at radius 1 is 1.24 bits per heavy atom. The van der Waals surface area contributed by atoms with E-state index in [1.807, 2.05) is 6.92 Å². The Labute approximate surface area is 221 Å². The van der Waals surface area contributed by atoms with Gasteiger partial charge in [0.15, 0.2) is 0 Å². The lowest BCUT2D eigenvalue weighted by Gasteiger charge is -2.47. The second-order valence-electron chi connectivity index (χ2n) is 11.0. The minimum absolute atomic E-state index is 0.0483. The number of fused-ring (bicyclic) bond motifs is 2. The molecule has 0 radical (unpaired) electrons. The zero-order valence-corrected chi connectivity index (χ0v) is 22.5. The van der Waals surface area contributed by atoms with E-state index in [2.05, 4.69) is 26.2 Å². The van der Waals surface area contributed by atoms with E-state index in [0.29, 0.717) is 29.8 Å². The first kappa shape index (κ1) is 26.5. The number of hydrogen-bond donors (Lipinski definition) is 5. The van der Waals surface area contributed by atoms with Crippen LogP contribution in [0.1, 0.15) is 33.1 Å². The number of likely N-dealkylation sites (tertiary alicyclic amines) is 1. The van der Waals surface area contributed by atoms with Gasteiger partial charge in [-0.15, -0.1) is 11.8 Å². The molecule has 0 saturated carbocycles. The number of nitrogens with one attached hydrogen (secondary N) is 4. The van der Waals surface area contributed by atoms with Crippen molar-refractivity contribution in [2.24, 2.45) is 17.8 Å². The van der Waals surface area contributed by atoms with Crippen molar-refractivity contribution in [2.45, 2.75) is 62.5 Å². The largest absolute Gasteiger partial charge is 0.477 e. The Morgan fingerprint density at radius 3 is 2.76 bits per heavy atom. The van der Waals surface area contributed by atoms with E-state index in [-0.39, 0.29) is 53.2 Å². The summed E-state index contributed by atoms with van der Waals surface area (Å²) < 4.78 is 0. The average molecular weight is 535 g/mol. The molecule has 5 N–H and O–H groups in total. The van der Waals surface area contributed by atoms with Gasteiger partial charge in [-0.05, 0) is 52.2 Å². The Kier molecular flexibility index (Phi) is 7.54. The Hall–Kier alpha value is -2.15. The van der Waals surface area contributed by atoms with E-state index < -0.39 is 17.9 Å². The van der Waals surface area contributed by atoms with Crippen molar-refractivity contribution in [1.29, 1.82) is 0 Å². The second-order valence-corrected chi connectivity index (χ2v) is 12.3. The van der Waals surface area contributed by atoms with Crippen molar-refractivity contribution in [3.05, 3.63) is 10.6 Å². The number of carbonyl (C=O) groups is 4. The van der Waals surface area contributed by atoms with Crippen molar-refractivity contribution in [1.82, 2.24) is 31.1 Å². The molecular formula is C25H38N6O5S. The Balaban J connectivity index is 1.24. The topological polar surface area (TPSA) is 143 Å². The van der Waals surface area contributed by atoms with Crippen LogP contribution >= 0.6 is 11.8 Å². The van der Waals surface area contributed by atoms with Crippen LogP contribution in [0.2, 0.25) is 0 Å². The van der Waals surface area contributed by atoms with E-state index in [0.717, 1.165) is 32.5 Å². The Bertz CT molecular complexity index is 1010. The highest BCUT2D eigenvalue weighted by molar-refractivity contribution is 8.03. The van der Waals surface area contributed by atoms with E-state index in [1.165, 1.54) is 16.7 Å². The molecule has 5 aliphatic rings. The number of hydrogen-bond acceptors (Lipinski definition) is 8. The lowest BCUT2D eigenvalue weighted by atomic mass is 9.78. The minimum Gasteiger partial charge on any atom is -0.477 e. The van der Waals surface area contributed by atoms with E-state index in [1.54, 1.807) is 14.0 Å². The summed E-state index contributed by atoms with van der Waals surface area (Å²) in [4.78, 5) is 54.9. The molecule has 4 saturated heterocycles. The summed E-state index contributed by atoms with van der Waals surface area (Å²) in [6.45, 7) is 7.26. The van der Waals surface area contributed by atoms with Gasteiger partial charge in [0, 0.05) is 41.2 Å². The summed E-state index contributed by atoms with van der Waals surface area (Å²) in [7, 11) is 1.68. The average Bonchev–Trinajstić information content (AvgIpc) is 3.55. The molecule has 8 atom stereocenters. The molecule has 0 bridgehead atoms. The minimum atomic E-state index is -1.11. The van der Waals surface area contributed by atoms with Crippen LogP contribution in [0, 0.1) is 17.8 Å². The van der Waals surface area contributed by atoms with Crippen LogP contribution in [0.15, 0.2) is 10.6 Å². The summed E-state index contributed by atoms with van der Waals surface area (Å²) in [5.41, 5.74) is 0.0596. The van der Waals surface area contributed by atoms with Gasteiger partial charge in [0.25, 0.3) is 0 Å². The number of likely N-dealkylation sites (N-methyl/N-ethyl adjacent to an activating group) is 1. The number of nitrogens with zero attached hydrogens (tertiary/aromatic N) is 2. The van der Waals surface area contributed by atoms with Gasteiger partial charge in [-0.2, -0.15) is 0 Å². The number of amides is 3. The van der Waals surface area contributed by atoms with Crippen LogP contribution < -0.4 is 21.3 Å². The number of thioether (sulfide) groups is 1. The first-order chi connectivity index (χ1) is 17.7. The fourth-order valence-electron chi connectivity index (χ4n) is 6.97. The van der Waals surface area contributed by atoms with Gasteiger partial charge in [0.05, 0.1) is 24.5 Å². The molecule has 11 nitrogen and oxygen atoms in total. The molecule has 4 unspecified atom stereocenters. The third-order valence-corrected chi connectivity index (χ3v) is 10.2. The number of rotatable bonds is 8. The Morgan fingerprint density at radius 2 is 2.03 bits per heavy atom. The smallest absolute Gasteiger partial charge is 0.353 e. The summed E-state index contributed by atoms with van der Waals surface area (Å²) >= 11 is 1.50. The SMILES string of the molecule is CNCC(=O)N[C@H](C)[C@H]1C(=O)N2C(C(=O)O)=C(SC3CNC(C(=O)N4CCC5CNCCC54)C3)[C@H](C)[C@H]12. The number of carboxylic acids is 1. The molecule has 5 rings (SSSR count). The lowest BCUT2D eigenvalue weighted by molar-refractivity contribution is -0.158. The first-order valence-corrected chi connectivity index (χ1v) is 14.3. The molecule has 0 aromatic rings. The second kappa shape index (κ2) is 10.5. The maximum atomic E-state index is 13.4. The van der Waals surface area contributed by atoms with Crippen LogP contribution in [0.25, 0.3) is 0 Å². The van der Waals surface area contributed by atoms with Crippen LogP contribution in [0.5, 0.6) is 0 Å². The highest BCUT2D eigenvalue weighted by Crippen LogP contribution is 2.52. The molecule has 12 heteroatoms. The molecule has 5 aliphatic heterocycles. The molecule has 5 heterocycles. The predicted molar refractivity (Wildman–Crippen MR) is 138 cm³/mol. The number of aliphatic carboxylic acids is 1. The summed E-state index contributed by atoms with van der Waals surface area (Å²) in [5, 5.41) is 22.5. The number of carboxylic acid groups (broad SMARTS) is 1. The van der Waals surface area contributed by atoms with Gasteiger partial charge >= 0.3 is 5.97 Å². The van der Waals surface area contributed by atoms with Gasteiger partial charge in [0.1, 0.15) is 5.70 Å². The summed E-state index contributed by atoms with van der Waals surface area (Å²) in [6.07, 6.45) is 2.67. The van der Waals surface area contributed by atoms with Gasteiger partial charge in [-0.3, -0.25) is 14.4 Å². The van der Waals surface area contributed by atoms with Crippen molar-refractivity contribution < 1.29 is 24.3 Å². The number of β-lactam (4-membered cyclic amide) rings is 1. The van der Waals surface area contributed by atoms with Gasteiger partial charge < -0.3 is 36.2 Å². The number of piperidine rings is 1. The van der Waals surface area contributed by atoms with Crippen molar-refractivity contribution in [3.63, 3.8) is 0 Å². The standard InChI is InChI=1S/C25H38N6O5S/c1-12-20-19(13(2)29-18(32)11-26-3)24(34)31(20)21(25(35)36)22(12)37-15-8-16(28-10-15)23(33)30-7-5-14-9-27-6-4-17(14)30/h12-17,19-20,26-28H,4-11H2,1-3H3,(H,29,32)(H,35,36)/t12-,13-,14?,15?,16?,17?,19-,20-/m1/s1. The van der Waals surface area contributed by atoms with Gasteiger partial charge in [-0.1, -0.05) is 6.92 Å². The van der Waals surface area contributed by atoms with Gasteiger partial charge in [-0.25, -0.2) is 4.79 Å². The molecule has 0 aromatic heterocycles. The normalized spacial score (nSPS) is 35.8. The lowest BCUT2D eigenvalue weighted by Crippen LogP contribution is -2.66. The first-order valence-electron chi connectivity index (χ1n) is 13.4. The third-order valence-electron chi connectivity index (χ3n) is 8.73. The summed E-state index contributed by atoms with van der Waals surface area (Å²) in [6, 6.07) is -0.629. The van der Waals surface area contributed by atoms with Crippen molar-refractivity contribution in [2.75, 3.05) is 39.8 Å². The maximum absolute atomic E-state index is 13.4. The van der Waals surface area contributed by atoms with E-state index in [9.17, 15) is 24.3 Å². The zero-order chi connectivity index (χ0) is 26.4. The monoisotopic (exact) mass is 534 g/mol. The number of carbonyl (C=O) groups excluding carboxylic acids is 3. The maximum Gasteiger partial charge on any atom is 0.353 e. The predicted octanol–water partition coefficient (Wildman–Crippen LogP) is -0.842. The molecular weight excluding hydrogens is 496 g/mol. The molecule has 3 amide bonds. The van der Waals surface area contributed by atoms with Gasteiger partial charge in [0.2, 0.25) is 17.7 Å². The molecule has 0 spiro atoms. The highest BCUT2D eigenvalue weighted by atomic mass is 32.2. The third kappa shape index (κ3) is 4.66. The fraction of sp³-hybridized carbons (Fsp3) is 0.760. The molecule has 204 valence electrons. The van der Waals surface area contributed by atoms with Crippen LogP contribution in [0.3, 0.4) is 0 Å². The molecule has 0 aliphatic carbocycles. The fourth-order valence-corrected chi connectivity index (χ4v) is 8.45. The van der Waals surface area contributed by atoms with E-state index in [4.69, 9.17) is 0 Å². The van der Waals surface area contributed by atoms with Crippen LogP contribution in [-0.2, 0) is 19.2 Å². The van der Waals surface area contributed by atoms with Crippen LogP contribution in [0.4, 0.5) is 0 Å².